The smallest absolute Gasteiger partial charge is 0.318 e. The summed E-state index contributed by atoms with van der Waals surface area (Å²) in [5, 5.41) is 3.04. The fourth-order valence-electron chi connectivity index (χ4n) is 2.64. The van der Waals surface area contributed by atoms with Crippen molar-refractivity contribution in [2.45, 2.75) is 39.3 Å². The number of nitrogens with one attached hydrogen (secondary N) is 1. The number of morpholine rings is 1. The van der Waals surface area contributed by atoms with Gasteiger partial charge in [0.05, 0.1) is 31.0 Å². The van der Waals surface area contributed by atoms with Gasteiger partial charge in [0.15, 0.2) is 0 Å². The van der Waals surface area contributed by atoms with Gasteiger partial charge in [-0.1, -0.05) is 19.9 Å². The number of hydrogen-bond acceptors (Lipinski definition) is 3. The number of carbonyl (C=O) groups is 1. The molecule has 5 heteroatoms. The van der Waals surface area contributed by atoms with E-state index in [9.17, 15) is 4.79 Å². The molecule has 2 heterocycles. The van der Waals surface area contributed by atoms with E-state index in [2.05, 4.69) is 24.1 Å². The number of pyridine rings is 1. The minimum atomic E-state index is -0.0961. The summed E-state index contributed by atoms with van der Waals surface area (Å²) < 4.78 is 5.52. The number of amides is 2. The molecule has 0 spiro atoms. The van der Waals surface area contributed by atoms with Gasteiger partial charge in [0.2, 0.25) is 0 Å². The van der Waals surface area contributed by atoms with Crippen molar-refractivity contribution in [1.29, 1.82) is 0 Å². The third-order valence-electron chi connectivity index (χ3n) is 3.70. The number of nitrogens with zero attached hydrogens (tertiary/aromatic N) is 2. The lowest BCUT2D eigenvalue weighted by Crippen LogP contribution is -2.53. The van der Waals surface area contributed by atoms with E-state index in [1.165, 1.54) is 0 Å². The fourth-order valence-corrected chi connectivity index (χ4v) is 2.64. The Morgan fingerprint density at radius 3 is 2.95 bits per heavy atom. The molecule has 0 aromatic carbocycles. The van der Waals surface area contributed by atoms with Crippen LogP contribution >= 0.6 is 0 Å². The second-order valence-corrected chi connectivity index (χ2v) is 5.98. The maximum Gasteiger partial charge on any atom is 0.318 e. The predicted molar refractivity (Wildman–Crippen MR) is 82.0 cm³/mol. The van der Waals surface area contributed by atoms with Gasteiger partial charge in [0.25, 0.3) is 0 Å². The number of urea groups is 1. The minimum absolute atomic E-state index is 0.0258. The van der Waals surface area contributed by atoms with Crippen molar-refractivity contribution in [3.05, 3.63) is 30.1 Å². The zero-order chi connectivity index (χ0) is 15.2. The fraction of sp³-hybridized carbons (Fsp3) is 0.625. The van der Waals surface area contributed by atoms with Crippen molar-refractivity contribution in [2.75, 3.05) is 19.8 Å². The van der Waals surface area contributed by atoms with E-state index in [-0.39, 0.29) is 18.1 Å². The monoisotopic (exact) mass is 291 g/mol. The van der Waals surface area contributed by atoms with Crippen molar-refractivity contribution in [2.24, 2.45) is 5.92 Å². The quantitative estimate of drug-likeness (QED) is 0.927. The van der Waals surface area contributed by atoms with Gasteiger partial charge < -0.3 is 15.0 Å². The molecule has 5 nitrogen and oxygen atoms in total. The summed E-state index contributed by atoms with van der Waals surface area (Å²) in [4.78, 5) is 18.7. The Kier molecular flexibility index (Phi) is 5.56. The van der Waals surface area contributed by atoms with Crippen LogP contribution in [0.5, 0.6) is 0 Å². The zero-order valence-electron chi connectivity index (χ0n) is 13.1. The summed E-state index contributed by atoms with van der Waals surface area (Å²) >= 11 is 0. The first-order valence-electron chi connectivity index (χ1n) is 7.63. The van der Waals surface area contributed by atoms with E-state index < -0.39 is 0 Å². The molecule has 1 aliphatic heterocycles. The van der Waals surface area contributed by atoms with Crippen molar-refractivity contribution in [3.8, 4) is 0 Å². The van der Waals surface area contributed by atoms with Crippen LogP contribution in [-0.4, -0.2) is 41.7 Å². The van der Waals surface area contributed by atoms with E-state index in [4.69, 9.17) is 4.74 Å². The minimum Gasteiger partial charge on any atom is -0.377 e. The molecule has 1 fully saturated rings. The molecular formula is C16H25N3O2. The lowest BCUT2D eigenvalue weighted by molar-refractivity contribution is 0.00507. The highest BCUT2D eigenvalue weighted by molar-refractivity contribution is 5.75. The SMILES string of the molecule is CC(C)CC1COCCN1C(=O)NC(C)c1ccccn1. The Hall–Kier alpha value is -1.62. The molecule has 2 atom stereocenters. The third kappa shape index (κ3) is 4.43. The van der Waals surface area contributed by atoms with Crippen LogP contribution in [0.1, 0.15) is 38.9 Å². The number of hydrogen-bond donors (Lipinski definition) is 1. The lowest BCUT2D eigenvalue weighted by atomic mass is 10.0. The number of ether oxygens (including phenoxy) is 1. The first-order chi connectivity index (χ1) is 10.1. The topological polar surface area (TPSA) is 54.5 Å². The van der Waals surface area contributed by atoms with E-state index in [1.807, 2.05) is 30.0 Å². The first kappa shape index (κ1) is 15.8. The molecular weight excluding hydrogens is 266 g/mol. The summed E-state index contributed by atoms with van der Waals surface area (Å²) in [5.74, 6) is 0.542. The normalized spacial score (nSPS) is 20.4. The van der Waals surface area contributed by atoms with Gasteiger partial charge in [-0.2, -0.15) is 0 Å². The largest absolute Gasteiger partial charge is 0.377 e. The summed E-state index contributed by atoms with van der Waals surface area (Å²) in [6.45, 7) is 8.18. The third-order valence-corrected chi connectivity index (χ3v) is 3.70. The van der Waals surface area contributed by atoms with Gasteiger partial charge in [-0.25, -0.2) is 4.79 Å². The van der Waals surface area contributed by atoms with E-state index in [0.717, 1.165) is 12.1 Å². The van der Waals surface area contributed by atoms with Gasteiger partial charge >= 0.3 is 6.03 Å². The summed E-state index contributed by atoms with van der Waals surface area (Å²) in [6, 6.07) is 5.77. The van der Waals surface area contributed by atoms with Gasteiger partial charge in [0, 0.05) is 12.7 Å². The van der Waals surface area contributed by atoms with Crippen molar-refractivity contribution in [1.82, 2.24) is 15.2 Å². The van der Waals surface area contributed by atoms with Crippen LogP contribution < -0.4 is 5.32 Å². The maximum atomic E-state index is 12.5. The molecule has 0 aliphatic carbocycles. The van der Waals surface area contributed by atoms with Crippen molar-refractivity contribution >= 4 is 6.03 Å². The van der Waals surface area contributed by atoms with E-state index in [0.29, 0.717) is 25.7 Å². The molecule has 2 amide bonds. The molecule has 0 saturated carbocycles. The number of rotatable bonds is 4. The summed E-state index contributed by atoms with van der Waals surface area (Å²) in [5.41, 5.74) is 0.875. The average molecular weight is 291 g/mol. The molecule has 1 N–H and O–H groups in total. The number of aromatic nitrogens is 1. The second-order valence-electron chi connectivity index (χ2n) is 5.98. The van der Waals surface area contributed by atoms with E-state index >= 15 is 0 Å². The first-order valence-corrected chi connectivity index (χ1v) is 7.63. The Balaban J connectivity index is 1.97. The highest BCUT2D eigenvalue weighted by Crippen LogP contribution is 2.17. The molecule has 21 heavy (non-hydrogen) atoms. The molecule has 1 aliphatic rings. The molecule has 0 radical (unpaired) electrons. The second kappa shape index (κ2) is 7.41. The van der Waals surface area contributed by atoms with Crippen LogP contribution in [-0.2, 0) is 4.74 Å². The van der Waals surface area contributed by atoms with Crippen molar-refractivity contribution < 1.29 is 9.53 Å². The Morgan fingerprint density at radius 2 is 2.29 bits per heavy atom. The molecule has 1 aromatic rings. The molecule has 1 aromatic heterocycles. The molecule has 2 unspecified atom stereocenters. The van der Waals surface area contributed by atoms with Crippen LogP contribution in [0.25, 0.3) is 0 Å². The van der Waals surface area contributed by atoms with E-state index in [1.54, 1.807) is 6.20 Å². The predicted octanol–water partition coefficient (Wildman–Crippen LogP) is 2.60. The Bertz CT molecular complexity index is 450. The van der Waals surface area contributed by atoms with Crippen LogP contribution in [0.2, 0.25) is 0 Å². The van der Waals surface area contributed by atoms with Gasteiger partial charge in [-0.3, -0.25) is 4.98 Å². The van der Waals surface area contributed by atoms with Crippen LogP contribution in [0.3, 0.4) is 0 Å². The standard InChI is InChI=1S/C16H25N3O2/c1-12(2)10-14-11-21-9-8-19(14)16(20)18-13(3)15-6-4-5-7-17-15/h4-7,12-14H,8-11H2,1-3H3,(H,18,20). The van der Waals surface area contributed by atoms with Crippen LogP contribution in [0, 0.1) is 5.92 Å². The van der Waals surface area contributed by atoms with Gasteiger partial charge in [-0.15, -0.1) is 0 Å². The Morgan fingerprint density at radius 1 is 1.48 bits per heavy atom. The molecule has 2 rings (SSSR count). The lowest BCUT2D eigenvalue weighted by Gasteiger charge is -2.37. The summed E-state index contributed by atoms with van der Waals surface area (Å²) in [7, 11) is 0. The average Bonchev–Trinajstić information content (AvgIpc) is 2.48. The highest BCUT2D eigenvalue weighted by Gasteiger charge is 2.28. The molecule has 0 bridgehead atoms. The highest BCUT2D eigenvalue weighted by atomic mass is 16.5. The van der Waals surface area contributed by atoms with Crippen LogP contribution in [0.4, 0.5) is 4.79 Å². The van der Waals surface area contributed by atoms with Crippen molar-refractivity contribution in [3.63, 3.8) is 0 Å². The summed E-state index contributed by atoms with van der Waals surface area (Å²) in [6.07, 6.45) is 2.71. The molecule has 1 saturated heterocycles. The molecule has 116 valence electrons. The maximum absolute atomic E-state index is 12.5. The Labute approximate surface area is 126 Å². The van der Waals surface area contributed by atoms with Gasteiger partial charge in [-0.05, 0) is 31.4 Å². The van der Waals surface area contributed by atoms with Crippen LogP contribution in [0.15, 0.2) is 24.4 Å². The number of carbonyl (C=O) groups excluding carboxylic acids is 1. The zero-order valence-corrected chi connectivity index (χ0v) is 13.1. The van der Waals surface area contributed by atoms with Gasteiger partial charge in [0.1, 0.15) is 0 Å².